The fourth-order valence-corrected chi connectivity index (χ4v) is 1.13. The first-order valence-electron chi connectivity index (χ1n) is 3.25. The summed E-state index contributed by atoms with van der Waals surface area (Å²) in [6, 6.07) is 0. The molecular weight excluding hydrogens is 292 g/mol. The fourth-order valence-electron chi connectivity index (χ4n) is 0.562. The molecule has 0 aromatic carbocycles. The van der Waals surface area contributed by atoms with E-state index < -0.39 is 28.1 Å². The smallest absolute Gasteiger partial charge is 0.170 e. The van der Waals surface area contributed by atoms with Gasteiger partial charge in [-0.2, -0.15) is 26.3 Å². The number of alkyl halides is 8. The highest BCUT2D eigenvalue weighted by atomic mass is 35.5. The average molecular weight is 295 g/mol. The lowest BCUT2D eigenvalue weighted by atomic mass is 10.1. The highest BCUT2D eigenvalue weighted by Gasteiger charge is 2.44. The minimum absolute atomic E-state index is 0.258. The summed E-state index contributed by atoms with van der Waals surface area (Å²) in [4.78, 5) is -2.05. The molecule has 0 saturated heterocycles. The molecule has 0 rings (SSSR count). The number of hydrogen-bond donors (Lipinski definition) is 0. The fraction of sp³-hybridized carbons (Fsp3) is 0.667. The molecule has 0 aromatic heterocycles. The molecule has 0 nitrogen and oxygen atoms in total. The van der Waals surface area contributed by atoms with Crippen molar-refractivity contribution < 1.29 is 26.3 Å². The third-order valence-electron chi connectivity index (χ3n) is 1.25. The molecule has 0 aromatic rings. The maximum atomic E-state index is 12.1. The van der Waals surface area contributed by atoms with Crippen LogP contribution in [0.25, 0.3) is 0 Å². The second-order valence-electron chi connectivity index (χ2n) is 2.41. The zero-order valence-electron chi connectivity index (χ0n) is 6.63. The topological polar surface area (TPSA) is 0 Å². The third kappa shape index (κ3) is 5.17. The van der Waals surface area contributed by atoms with Gasteiger partial charge in [-0.05, 0) is 6.08 Å². The molecule has 0 radical (unpaired) electrons. The number of halogens is 9. The van der Waals surface area contributed by atoms with E-state index in [1.165, 1.54) is 0 Å². The van der Waals surface area contributed by atoms with Crippen LogP contribution in [-0.4, -0.2) is 17.2 Å². The van der Waals surface area contributed by atoms with Crippen molar-refractivity contribution in [2.45, 2.75) is 17.2 Å². The summed E-state index contributed by atoms with van der Waals surface area (Å²) in [7, 11) is 0. The molecule has 0 amide bonds. The Balaban J connectivity index is 5.00. The van der Waals surface area contributed by atoms with Gasteiger partial charge in [0.15, 0.2) is 0 Å². The highest BCUT2D eigenvalue weighted by molar-refractivity contribution is 6.44. The molecule has 9 heteroatoms. The standard InChI is InChI=1S/C6H3Cl3F6/c7-3(6(13,14)15)1-2(4(8)9)5(10,11)12/h1-2,4H/b3-1+. The monoisotopic (exact) mass is 294 g/mol. The van der Waals surface area contributed by atoms with E-state index in [-0.39, 0.29) is 6.08 Å². The van der Waals surface area contributed by atoms with Crippen molar-refractivity contribution in [1.82, 2.24) is 0 Å². The lowest BCUT2D eigenvalue weighted by Gasteiger charge is -2.18. The first-order valence-corrected chi connectivity index (χ1v) is 4.50. The molecule has 1 atom stereocenters. The van der Waals surface area contributed by atoms with E-state index in [2.05, 4.69) is 11.6 Å². The largest absolute Gasteiger partial charge is 0.426 e. The Morgan fingerprint density at radius 2 is 1.40 bits per heavy atom. The summed E-state index contributed by atoms with van der Waals surface area (Å²) in [5, 5.41) is -1.91. The molecule has 0 N–H and O–H groups in total. The number of rotatable bonds is 2. The van der Waals surface area contributed by atoms with Crippen molar-refractivity contribution in [2.24, 2.45) is 5.92 Å². The van der Waals surface area contributed by atoms with Gasteiger partial charge in [-0.15, -0.1) is 23.2 Å². The van der Waals surface area contributed by atoms with E-state index >= 15 is 0 Å². The first-order chi connectivity index (χ1) is 6.46. The Morgan fingerprint density at radius 3 is 1.60 bits per heavy atom. The van der Waals surface area contributed by atoms with Crippen molar-refractivity contribution in [1.29, 1.82) is 0 Å². The summed E-state index contributed by atoms with van der Waals surface area (Å²) < 4.78 is 71.7. The summed E-state index contributed by atoms with van der Waals surface area (Å²) in [6.07, 6.45) is -10.3. The zero-order chi connectivity index (χ0) is 12.4. The zero-order valence-corrected chi connectivity index (χ0v) is 8.90. The molecular formula is C6H3Cl3F6. The molecule has 0 aliphatic heterocycles. The van der Waals surface area contributed by atoms with Gasteiger partial charge >= 0.3 is 12.4 Å². The van der Waals surface area contributed by atoms with Crippen LogP contribution in [0, 0.1) is 5.92 Å². The van der Waals surface area contributed by atoms with E-state index in [1.54, 1.807) is 0 Å². The maximum Gasteiger partial charge on any atom is 0.426 e. The van der Waals surface area contributed by atoms with E-state index in [0.717, 1.165) is 0 Å². The van der Waals surface area contributed by atoms with Crippen molar-refractivity contribution >= 4 is 34.8 Å². The van der Waals surface area contributed by atoms with Crippen LogP contribution >= 0.6 is 34.8 Å². The Morgan fingerprint density at radius 1 is 1.00 bits per heavy atom. The predicted molar refractivity (Wildman–Crippen MR) is 45.0 cm³/mol. The Labute approximate surface area is 95.8 Å². The van der Waals surface area contributed by atoms with Gasteiger partial charge in [0.2, 0.25) is 0 Å². The van der Waals surface area contributed by atoms with E-state index in [9.17, 15) is 26.3 Å². The highest BCUT2D eigenvalue weighted by Crippen LogP contribution is 2.38. The molecule has 0 aliphatic carbocycles. The van der Waals surface area contributed by atoms with Crippen molar-refractivity contribution in [3.63, 3.8) is 0 Å². The maximum absolute atomic E-state index is 12.1. The first kappa shape index (κ1) is 15.2. The second-order valence-corrected chi connectivity index (χ2v) is 3.99. The van der Waals surface area contributed by atoms with Gasteiger partial charge in [-0.3, -0.25) is 0 Å². The van der Waals surface area contributed by atoms with Gasteiger partial charge < -0.3 is 0 Å². The minimum atomic E-state index is -5.05. The SMILES string of the molecule is FC(F)(F)/C(Cl)=C\C(C(Cl)Cl)C(F)(F)F. The molecule has 0 heterocycles. The minimum Gasteiger partial charge on any atom is -0.170 e. The molecule has 0 bridgehead atoms. The van der Waals surface area contributed by atoms with Gasteiger partial charge in [0.25, 0.3) is 0 Å². The molecule has 0 aliphatic rings. The second kappa shape index (κ2) is 5.01. The Hall–Kier alpha value is 0.190. The van der Waals surface area contributed by atoms with E-state index in [4.69, 9.17) is 23.2 Å². The van der Waals surface area contributed by atoms with Gasteiger partial charge in [0.05, 0.1) is 0 Å². The molecule has 90 valence electrons. The van der Waals surface area contributed by atoms with Crippen LogP contribution in [-0.2, 0) is 0 Å². The Kier molecular flexibility index (Phi) is 5.08. The van der Waals surface area contributed by atoms with Crippen molar-refractivity contribution in [3.8, 4) is 0 Å². The molecule has 0 spiro atoms. The van der Waals surface area contributed by atoms with Crippen LogP contribution in [0.2, 0.25) is 0 Å². The normalized spacial score (nSPS) is 17.1. The van der Waals surface area contributed by atoms with Gasteiger partial charge in [0, 0.05) is 0 Å². The predicted octanol–water partition coefficient (Wildman–Crippen LogP) is 4.65. The van der Waals surface area contributed by atoms with Crippen LogP contribution in [0.15, 0.2) is 11.1 Å². The molecule has 15 heavy (non-hydrogen) atoms. The molecule has 1 unspecified atom stereocenters. The molecule has 0 saturated carbocycles. The molecule has 0 fully saturated rings. The number of allylic oxidation sites excluding steroid dienone is 2. The van der Waals surface area contributed by atoms with Crippen LogP contribution in [0.4, 0.5) is 26.3 Å². The summed E-state index contributed by atoms with van der Waals surface area (Å²) in [6.45, 7) is 0. The van der Waals surface area contributed by atoms with Crippen LogP contribution in [0.5, 0.6) is 0 Å². The lowest BCUT2D eigenvalue weighted by Crippen LogP contribution is -2.27. The van der Waals surface area contributed by atoms with Crippen LogP contribution in [0.1, 0.15) is 0 Å². The van der Waals surface area contributed by atoms with Gasteiger partial charge in [0.1, 0.15) is 15.8 Å². The van der Waals surface area contributed by atoms with Crippen LogP contribution < -0.4 is 0 Å². The van der Waals surface area contributed by atoms with Crippen molar-refractivity contribution in [2.75, 3.05) is 0 Å². The van der Waals surface area contributed by atoms with E-state index in [0.29, 0.717) is 0 Å². The Bertz CT molecular complexity index is 240. The summed E-state index contributed by atoms with van der Waals surface area (Å²) >= 11 is 14.4. The summed E-state index contributed by atoms with van der Waals surface area (Å²) in [5.74, 6) is -2.66. The van der Waals surface area contributed by atoms with Crippen molar-refractivity contribution in [3.05, 3.63) is 11.1 Å². The quantitative estimate of drug-likeness (QED) is 0.514. The number of hydrogen-bond acceptors (Lipinski definition) is 0. The van der Waals surface area contributed by atoms with Gasteiger partial charge in [-0.1, -0.05) is 11.6 Å². The van der Waals surface area contributed by atoms with Gasteiger partial charge in [-0.25, -0.2) is 0 Å². The summed E-state index contributed by atoms with van der Waals surface area (Å²) in [5.41, 5.74) is 0. The van der Waals surface area contributed by atoms with E-state index in [1.807, 2.05) is 0 Å². The van der Waals surface area contributed by atoms with Crippen LogP contribution in [0.3, 0.4) is 0 Å². The lowest BCUT2D eigenvalue weighted by molar-refractivity contribution is -0.158. The average Bonchev–Trinajstić information content (AvgIpc) is 1.94. The third-order valence-corrected chi connectivity index (χ3v) is 2.13.